The molecule has 8 atom stereocenters. The van der Waals surface area contributed by atoms with Crippen LogP contribution in [-0.4, -0.2) is 139 Å². The van der Waals surface area contributed by atoms with Crippen molar-refractivity contribution >= 4 is 65.2 Å². The number of nitrogens with two attached hydrogens (primary N) is 9. The van der Waals surface area contributed by atoms with Crippen molar-refractivity contribution in [3.05, 3.63) is 0 Å². The fraction of sp³-hybridized carbons (Fsp3) is 0.711. The number of nitrogens with zero attached hydrogens (tertiary/aromatic N) is 3. The van der Waals surface area contributed by atoms with Gasteiger partial charge in [0, 0.05) is 26.1 Å². The second-order valence-corrected chi connectivity index (χ2v) is 15.4. The van der Waals surface area contributed by atoms with Crippen LogP contribution in [0, 0.1) is 5.92 Å². The van der Waals surface area contributed by atoms with E-state index in [2.05, 4.69) is 46.9 Å². The van der Waals surface area contributed by atoms with Gasteiger partial charge in [-0.2, -0.15) is 0 Å². The number of amides is 7. The number of primary amides is 1. The maximum atomic E-state index is 14.2. The average molecular weight is 927 g/mol. The number of carboxylic acids is 1. The van der Waals surface area contributed by atoms with Crippen LogP contribution >= 0.6 is 0 Å². The monoisotopic (exact) mass is 927 g/mol. The molecule has 7 amide bonds. The highest BCUT2D eigenvalue weighted by Gasteiger charge is 2.35. The Labute approximate surface area is 378 Å². The van der Waals surface area contributed by atoms with Crippen molar-refractivity contribution in [2.24, 2.45) is 72.5 Å². The molecule has 0 aliphatic carbocycles. The molecular weight excluding hydrogens is 853 g/mol. The van der Waals surface area contributed by atoms with Gasteiger partial charge in [-0.1, -0.05) is 20.3 Å². The molecule has 27 heteroatoms. The summed E-state index contributed by atoms with van der Waals surface area (Å²) >= 11 is 0. The summed E-state index contributed by atoms with van der Waals surface area (Å²) in [5.41, 5.74) is 49.2. The van der Waals surface area contributed by atoms with Gasteiger partial charge < -0.3 is 88.6 Å². The van der Waals surface area contributed by atoms with Crippen LogP contribution in [0.15, 0.2) is 15.0 Å². The predicted octanol–water partition coefficient (Wildman–Crippen LogP) is -6.07. The van der Waals surface area contributed by atoms with Crippen molar-refractivity contribution in [3.63, 3.8) is 0 Å². The number of hydrogen-bond donors (Lipinski definition) is 16. The van der Waals surface area contributed by atoms with Gasteiger partial charge in [0.1, 0.15) is 36.3 Å². The molecule has 0 unspecified atom stereocenters. The summed E-state index contributed by atoms with van der Waals surface area (Å²) in [6.07, 6.45) is 1.14. The number of carbonyl (C=O) groups excluding carboxylic acids is 7. The first-order chi connectivity index (χ1) is 30.5. The number of hydrogen-bond acceptors (Lipinski definition) is 13. The number of guanidine groups is 3. The standard InChI is InChI=1S/C38H74N18O9/c1-4-20(2)28(34(63)54-24(12-8-18-49-37(44)45)32(61)55-26(35(64)65)14-15-27(41)57)56-33(62)25(13-9-19-50-38(46)47)53-30(59)22(10-5-6-16-39)52-31(60)23(51-29(58)21(3)40)11-7-17-48-36(42)43/h20-26,28H,4-19,39-40H2,1-3H3,(H2,41,57)(H,51,58)(H,52,60)(H,53,59)(H,54,63)(H,55,61)(H,56,62)(H,64,65)(H4,42,43,48)(H4,44,45,49)(H4,46,47,50)/t20-,21-,22-,23-,24-,25-,26-,28-/m0/s1. The average Bonchev–Trinajstić information content (AvgIpc) is 3.22. The van der Waals surface area contributed by atoms with Crippen LogP contribution < -0.4 is 83.5 Å². The minimum atomic E-state index is -1.53. The van der Waals surface area contributed by atoms with Gasteiger partial charge in [-0.15, -0.1) is 0 Å². The molecule has 65 heavy (non-hydrogen) atoms. The first-order valence-electron chi connectivity index (χ1n) is 21.5. The molecule has 0 aromatic carbocycles. The van der Waals surface area contributed by atoms with Gasteiger partial charge in [-0.25, -0.2) is 4.79 Å². The molecular formula is C38H74N18O9. The zero-order valence-electron chi connectivity index (χ0n) is 37.7. The van der Waals surface area contributed by atoms with Crippen molar-refractivity contribution in [2.75, 3.05) is 26.2 Å². The quantitative estimate of drug-likeness (QED) is 0.0162. The van der Waals surface area contributed by atoms with Gasteiger partial charge in [-0.3, -0.25) is 48.5 Å². The predicted molar refractivity (Wildman–Crippen MR) is 243 cm³/mol. The van der Waals surface area contributed by atoms with Crippen LogP contribution in [0.1, 0.15) is 97.8 Å². The minimum Gasteiger partial charge on any atom is -0.480 e. The summed E-state index contributed by atoms with van der Waals surface area (Å²) in [7, 11) is 0. The Morgan fingerprint density at radius 2 is 0.846 bits per heavy atom. The first kappa shape index (κ1) is 58.5. The summed E-state index contributed by atoms with van der Waals surface area (Å²) in [6.45, 7) is 5.38. The van der Waals surface area contributed by atoms with E-state index in [-0.39, 0.29) is 102 Å². The Morgan fingerprint density at radius 3 is 1.18 bits per heavy atom. The highest BCUT2D eigenvalue weighted by Crippen LogP contribution is 2.13. The molecule has 0 saturated heterocycles. The van der Waals surface area contributed by atoms with Gasteiger partial charge >= 0.3 is 5.97 Å². The van der Waals surface area contributed by atoms with Gasteiger partial charge in [0.05, 0.1) is 6.04 Å². The van der Waals surface area contributed by atoms with Crippen molar-refractivity contribution in [3.8, 4) is 0 Å². The molecule has 0 aromatic heterocycles. The fourth-order valence-corrected chi connectivity index (χ4v) is 5.96. The fourth-order valence-electron chi connectivity index (χ4n) is 5.96. The van der Waals surface area contributed by atoms with Crippen LogP contribution in [0.25, 0.3) is 0 Å². The van der Waals surface area contributed by atoms with Crippen LogP contribution in [0.5, 0.6) is 0 Å². The molecule has 0 spiro atoms. The van der Waals surface area contributed by atoms with E-state index in [9.17, 15) is 43.5 Å². The number of aliphatic carboxylic acids is 1. The molecule has 0 bridgehead atoms. The molecule has 0 rings (SSSR count). The molecule has 0 aliphatic heterocycles. The number of carbonyl (C=O) groups is 8. The molecule has 0 aromatic rings. The third kappa shape index (κ3) is 26.0. The largest absolute Gasteiger partial charge is 0.480 e. The van der Waals surface area contributed by atoms with Gasteiger partial charge in [-0.05, 0) is 83.6 Å². The van der Waals surface area contributed by atoms with E-state index < -0.39 is 95.5 Å². The Bertz CT molecular complexity index is 1650. The van der Waals surface area contributed by atoms with Gasteiger partial charge in [0.2, 0.25) is 41.4 Å². The summed E-state index contributed by atoms with van der Waals surface area (Å²) in [4.78, 5) is 117. The molecule has 0 radical (unpaired) electrons. The van der Waals surface area contributed by atoms with Crippen LogP contribution in [0.3, 0.4) is 0 Å². The molecule has 0 aliphatic rings. The third-order valence-electron chi connectivity index (χ3n) is 9.82. The summed E-state index contributed by atoms with van der Waals surface area (Å²) in [5.74, 6) is -8.08. The van der Waals surface area contributed by atoms with Crippen LogP contribution in [0.4, 0.5) is 0 Å². The highest BCUT2D eigenvalue weighted by atomic mass is 16.4. The molecule has 25 N–H and O–H groups in total. The van der Waals surface area contributed by atoms with E-state index in [0.717, 1.165) is 0 Å². The van der Waals surface area contributed by atoms with E-state index in [0.29, 0.717) is 19.3 Å². The van der Waals surface area contributed by atoms with E-state index in [4.69, 9.17) is 51.6 Å². The van der Waals surface area contributed by atoms with E-state index in [1.165, 1.54) is 6.92 Å². The summed E-state index contributed by atoms with van der Waals surface area (Å²) < 4.78 is 0. The Morgan fingerprint density at radius 1 is 0.492 bits per heavy atom. The number of rotatable bonds is 34. The van der Waals surface area contributed by atoms with Gasteiger partial charge in [0.25, 0.3) is 0 Å². The number of nitrogens with one attached hydrogen (secondary N) is 6. The van der Waals surface area contributed by atoms with E-state index in [1.807, 2.05) is 0 Å². The van der Waals surface area contributed by atoms with Gasteiger partial charge in [0.15, 0.2) is 17.9 Å². The molecule has 370 valence electrons. The smallest absolute Gasteiger partial charge is 0.326 e. The minimum absolute atomic E-state index is 0.0497. The second kappa shape index (κ2) is 32.2. The normalized spacial score (nSPS) is 14.5. The maximum Gasteiger partial charge on any atom is 0.326 e. The lowest BCUT2D eigenvalue weighted by molar-refractivity contribution is -0.142. The lowest BCUT2D eigenvalue weighted by atomic mass is 9.96. The molecule has 0 heterocycles. The lowest BCUT2D eigenvalue weighted by Gasteiger charge is -2.29. The van der Waals surface area contributed by atoms with Crippen molar-refractivity contribution < 1.29 is 43.5 Å². The Kier molecular flexibility index (Phi) is 29.0. The van der Waals surface area contributed by atoms with Crippen LogP contribution in [-0.2, 0) is 38.4 Å². The summed E-state index contributed by atoms with van der Waals surface area (Å²) in [5, 5.41) is 25.2. The van der Waals surface area contributed by atoms with E-state index in [1.54, 1.807) is 13.8 Å². The molecule has 0 fully saturated rings. The van der Waals surface area contributed by atoms with Crippen molar-refractivity contribution in [2.45, 2.75) is 140 Å². The van der Waals surface area contributed by atoms with E-state index >= 15 is 0 Å². The topological polar surface area (TPSA) is 500 Å². The summed E-state index contributed by atoms with van der Waals surface area (Å²) in [6, 6.07) is -8.89. The van der Waals surface area contributed by atoms with Crippen molar-refractivity contribution in [1.82, 2.24) is 31.9 Å². The second-order valence-electron chi connectivity index (χ2n) is 15.4. The SMILES string of the molecule is CC[C@H](C)[C@H](NC(=O)[C@H](CCCN=C(N)N)NC(=O)[C@H](CCCCN)NC(=O)[C@H](CCCN=C(N)N)NC(=O)[C@H](C)N)C(=O)N[C@@H](CCCN=C(N)N)C(=O)N[C@@H](CCC(N)=O)C(=O)O. The third-order valence-corrected chi connectivity index (χ3v) is 9.82. The molecule has 27 nitrogen and oxygen atoms in total. The molecule has 0 saturated carbocycles. The van der Waals surface area contributed by atoms with Crippen molar-refractivity contribution in [1.29, 1.82) is 0 Å². The highest BCUT2D eigenvalue weighted by molar-refractivity contribution is 5.97. The van der Waals surface area contributed by atoms with Crippen LogP contribution in [0.2, 0.25) is 0 Å². The Balaban J connectivity index is 6.75. The number of carboxylic acid groups (broad SMARTS) is 1. The first-order valence-corrected chi connectivity index (χ1v) is 21.5. The number of unbranched alkanes of at least 4 members (excludes halogenated alkanes) is 1. The lowest BCUT2D eigenvalue weighted by Crippen LogP contribution is -2.60. The number of aliphatic imine (C=N–C) groups is 3. The Hall–Kier alpha value is -6.51. The zero-order chi connectivity index (χ0) is 49.6. The maximum absolute atomic E-state index is 14.2. The zero-order valence-corrected chi connectivity index (χ0v) is 37.7.